The van der Waals surface area contributed by atoms with Crippen LogP contribution in [0.15, 0.2) is 23.4 Å². The number of nitro groups is 1. The van der Waals surface area contributed by atoms with E-state index >= 15 is 0 Å². The number of morpholine rings is 1. The summed E-state index contributed by atoms with van der Waals surface area (Å²) in [6, 6.07) is 4.50. The van der Waals surface area contributed by atoms with Crippen LogP contribution in [0.2, 0.25) is 0 Å². The third kappa shape index (κ3) is 2.57. The number of hydrogen-bond donors (Lipinski definition) is 1. The summed E-state index contributed by atoms with van der Waals surface area (Å²) in [5.74, 6) is 0. The zero-order valence-electron chi connectivity index (χ0n) is 9.65. The quantitative estimate of drug-likeness (QED) is 0.378. The van der Waals surface area contributed by atoms with Gasteiger partial charge in [-0.05, 0) is 6.07 Å². The number of anilines is 1. The standard InChI is InChI=1S/C11H13N3O4/c15-12-8-9-7-10(14(16)17)1-2-11(9)13-3-5-18-6-4-13/h1-2,7-8,15H,3-6H2/b12-8-. The molecule has 1 N–H and O–H groups in total. The summed E-state index contributed by atoms with van der Waals surface area (Å²) in [7, 11) is 0. The number of nitro benzene ring substituents is 1. The molecule has 0 aromatic heterocycles. The Labute approximate surface area is 103 Å². The molecule has 18 heavy (non-hydrogen) atoms. The van der Waals surface area contributed by atoms with Crippen LogP contribution >= 0.6 is 0 Å². The second-order valence-corrected chi connectivity index (χ2v) is 3.84. The van der Waals surface area contributed by atoms with Crippen LogP contribution in [0.1, 0.15) is 5.56 Å². The normalized spacial score (nSPS) is 16.1. The monoisotopic (exact) mass is 251 g/mol. The largest absolute Gasteiger partial charge is 0.411 e. The lowest BCUT2D eigenvalue weighted by molar-refractivity contribution is -0.384. The first kappa shape index (κ1) is 12.3. The zero-order chi connectivity index (χ0) is 13.0. The Morgan fingerprint density at radius 2 is 2.17 bits per heavy atom. The molecule has 7 nitrogen and oxygen atoms in total. The van der Waals surface area contributed by atoms with E-state index in [1.165, 1.54) is 18.3 Å². The fraction of sp³-hybridized carbons (Fsp3) is 0.364. The Morgan fingerprint density at radius 3 is 2.78 bits per heavy atom. The van der Waals surface area contributed by atoms with Gasteiger partial charge >= 0.3 is 0 Å². The van der Waals surface area contributed by atoms with Crippen LogP contribution in [0.25, 0.3) is 0 Å². The first-order valence-electron chi connectivity index (χ1n) is 5.51. The number of oxime groups is 1. The van der Waals surface area contributed by atoms with E-state index in [-0.39, 0.29) is 5.69 Å². The van der Waals surface area contributed by atoms with Crippen LogP contribution in [0.4, 0.5) is 11.4 Å². The molecule has 1 aromatic rings. The van der Waals surface area contributed by atoms with E-state index in [1.54, 1.807) is 6.07 Å². The number of benzene rings is 1. The van der Waals surface area contributed by atoms with Crippen molar-refractivity contribution in [2.24, 2.45) is 5.16 Å². The van der Waals surface area contributed by atoms with Gasteiger partial charge in [0.25, 0.3) is 5.69 Å². The summed E-state index contributed by atoms with van der Waals surface area (Å²) in [6.45, 7) is 2.66. The van der Waals surface area contributed by atoms with Crippen LogP contribution in [0.5, 0.6) is 0 Å². The molecule has 1 aromatic carbocycles. The average molecular weight is 251 g/mol. The van der Waals surface area contributed by atoms with Crippen LogP contribution in [-0.4, -0.2) is 42.6 Å². The second-order valence-electron chi connectivity index (χ2n) is 3.84. The lowest BCUT2D eigenvalue weighted by atomic mass is 10.1. The molecule has 0 aliphatic carbocycles. The van der Waals surface area contributed by atoms with E-state index in [0.29, 0.717) is 31.9 Å². The van der Waals surface area contributed by atoms with Gasteiger partial charge in [0, 0.05) is 36.5 Å². The van der Waals surface area contributed by atoms with E-state index in [0.717, 1.165) is 5.69 Å². The molecular weight excluding hydrogens is 238 g/mol. The molecule has 0 atom stereocenters. The predicted molar refractivity (Wildman–Crippen MR) is 65.5 cm³/mol. The third-order valence-electron chi connectivity index (χ3n) is 2.77. The van der Waals surface area contributed by atoms with Crippen LogP contribution in [-0.2, 0) is 4.74 Å². The first-order chi connectivity index (χ1) is 8.72. The topological polar surface area (TPSA) is 88.2 Å². The molecule has 0 bridgehead atoms. The van der Waals surface area contributed by atoms with E-state index in [1.807, 2.05) is 4.90 Å². The van der Waals surface area contributed by atoms with Crippen molar-refractivity contribution < 1.29 is 14.9 Å². The maximum Gasteiger partial charge on any atom is 0.270 e. The molecule has 0 saturated carbocycles. The molecule has 2 rings (SSSR count). The van der Waals surface area contributed by atoms with Gasteiger partial charge in [-0.1, -0.05) is 5.16 Å². The number of non-ortho nitro benzene ring substituents is 1. The van der Waals surface area contributed by atoms with Gasteiger partial charge in [-0.25, -0.2) is 0 Å². The lowest BCUT2D eigenvalue weighted by Gasteiger charge is -2.29. The summed E-state index contributed by atoms with van der Waals surface area (Å²) in [6.07, 6.45) is 1.21. The Bertz CT molecular complexity index is 469. The van der Waals surface area contributed by atoms with Gasteiger partial charge in [0.05, 0.1) is 24.4 Å². The molecule has 1 aliphatic heterocycles. The molecule has 0 radical (unpaired) electrons. The van der Waals surface area contributed by atoms with Gasteiger partial charge in [0.1, 0.15) is 0 Å². The van der Waals surface area contributed by atoms with Crippen molar-refractivity contribution in [1.82, 2.24) is 0 Å². The number of ether oxygens (including phenoxy) is 1. The van der Waals surface area contributed by atoms with Gasteiger partial charge in [-0.15, -0.1) is 0 Å². The first-order valence-corrected chi connectivity index (χ1v) is 5.51. The molecule has 0 unspecified atom stereocenters. The number of rotatable bonds is 3. The molecule has 96 valence electrons. The highest BCUT2D eigenvalue weighted by Gasteiger charge is 2.17. The van der Waals surface area contributed by atoms with Gasteiger partial charge in [0.2, 0.25) is 0 Å². The fourth-order valence-electron chi connectivity index (χ4n) is 1.91. The molecule has 1 fully saturated rings. The van der Waals surface area contributed by atoms with Crippen LogP contribution in [0, 0.1) is 10.1 Å². The average Bonchev–Trinajstić information content (AvgIpc) is 2.40. The van der Waals surface area contributed by atoms with E-state index in [2.05, 4.69) is 5.16 Å². The highest BCUT2D eigenvalue weighted by molar-refractivity contribution is 5.88. The molecule has 1 heterocycles. The van der Waals surface area contributed by atoms with E-state index < -0.39 is 4.92 Å². The number of nitrogens with zero attached hydrogens (tertiary/aromatic N) is 3. The smallest absolute Gasteiger partial charge is 0.270 e. The van der Waals surface area contributed by atoms with Crippen molar-refractivity contribution in [2.45, 2.75) is 0 Å². The minimum Gasteiger partial charge on any atom is -0.411 e. The molecule has 1 aliphatic rings. The maximum atomic E-state index is 10.7. The summed E-state index contributed by atoms with van der Waals surface area (Å²) in [4.78, 5) is 12.3. The molecule has 0 amide bonds. The van der Waals surface area contributed by atoms with Gasteiger partial charge in [0.15, 0.2) is 0 Å². The van der Waals surface area contributed by atoms with E-state index in [4.69, 9.17) is 9.94 Å². The second kappa shape index (κ2) is 5.46. The van der Waals surface area contributed by atoms with Crippen molar-refractivity contribution in [3.05, 3.63) is 33.9 Å². The predicted octanol–water partition coefficient (Wildman–Crippen LogP) is 1.24. The summed E-state index contributed by atoms with van der Waals surface area (Å²) in [5, 5.41) is 22.3. The summed E-state index contributed by atoms with van der Waals surface area (Å²) in [5.41, 5.74) is 1.30. The Morgan fingerprint density at radius 1 is 1.44 bits per heavy atom. The lowest BCUT2D eigenvalue weighted by Crippen LogP contribution is -2.36. The van der Waals surface area contributed by atoms with Crippen LogP contribution in [0.3, 0.4) is 0 Å². The van der Waals surface area contributed by atoms with Crippen molar-refractivity contribution >= 4 is 17.6 Å². The molecule has 7 heteroatoms. The Kier molecular flexibility index (Phi) is 3.73. The fourth-order valence-corrected chi connectivity index (χ4v) is 1.91. The minimum atomic E-state index is -0.474. The van der Waals surface area contributed by atoms with Crippen molar-refractivity contribution in [3.63, 3.8) is 0 Å². The molecule has 1 saturated heterocycles. The van der Waals surface area contributed by atoms with Gasteiger partial charge < -0.3 is 14.8 Å². The summed E-state index contributed by atoms with van der Waals surface area (Å²) >= 11 is 0. The van der Waals surface area contributed by atoms with Gasteiger partial charge in [-0.3, -0.25) is 10.1 Å². The number of hydrogen-bond acceptors (Lipinski definition) is 6. The summed E-state index contributed by atoms with van der Waals surface area (Å²) < 4.78 is 5.25. The zero-order valence-corrected chi connectivity index (χ0v) is 9.65. The van der Waals surface area contributed by atoms with Crippen molar-refractivity contribution in [2.75, 3.05) is 31.2 Å². The van der Waals surface area contributed by atoms with Crippen molar-refractivity contribution in [1.29, 1.82) is 0 Å². The Hall–Kier alpha value is -2.15. The SMILES string of the molecule is O=[N+]([O-])c1ccc(N2CCOCC2)c(/C=N\O)c1. The van der Waals surface area contributed by atoms with Crippen LogP contribution < -0.4 is 4.90 Å². The minimum absolute atomic E-state index is 0.0260. The highest BCUT2D eigenvalue weighted by atomic mass is 16.6. The third-order valence-corrected chi connectivity index (χ3v) is 2.77. The molecular formula is C11H13N3O4. The van der Waals surface area contributed by atoms with Gasteiger partial charge in [-0.2, -0.15) is 0 Å². The molecule has 0 spiro atoms. The van der Waals surface area contributed by atoms with E-state index in [9.17, 15) is 10.1 Å². The highest BCUT2D eigenvalue weighted by Crippen LogP contribution is 2.25. The van der Waals surface area contributed by atoms with Crippen molar-refractivity contribution in [3.8, 4) is 0 Å². The maximum absolute atomic E-state index is 10.7. The Balaban J connectivity index is 2.36.